The summed E-state index contributed by atoms with van der Waals surface area (Å²) in [4.78, 5) is 11.8. The molecule has 1 aromatic rings. The van der Waals surface area contributed by atoms with E-state index in [1.54, 1.807) is 0 Å². The Morgan fingerprint density at radius 2 is 2.21 bits per heavy atom. The van der Waals surface area contributed by atoms with Crippen LogP contribution in [0.2, 0.25) is 0 Å². The molecule has 1 atom stereocenters. The van der Waals surface area contributed by atoms with Crippen molar-refractivity contribution in [1.82, 2.24) is 5.32 Å². The molecule has 1 aliphatic heterocycles. The fourth-order valence-electron chi connectivity index (χ4n) is 2.28. The van der Waals surface area contributed by atoms with Crippen LogP contribution in [0.1, 0.15) is 25.0 Å². The molecule has 0 bridgehead atoms. The maximum Gasteiger partial charge on any atom is 0.230 e. The average Bonchev–Trinajstić information content (AvgIpc) is 2.40. The molecule has 104 valence electrons. The minimum atomic E-state index is -0.771. The Morgan fingerprint density at radius 3 is 2.89 bits per heavy atom. The predicted molar refractivity (Wildman–Crippen MR) is 72.9 cm³/mol. The summed E-state index contributed by atoms with van der Waals surface area (Å²) in [6, 6.07) is 5.81. The molecule has 5 heteroatoms. The van der Waals surface area contributed by atoms with Crippen LogP contribution in [0.15, 0.2) is 18.2 Å². The number of amides is 1. The molecule has 1 aliphatic rings. The van der Waals surface area contributed by atoms with Crippen LogP contribution in [-0.4, -0.2) is 35.4 Å². The number of carbonyl (C=O) groups is 1. The van der Waals surface area contributed by atoms with Crippen molar-refractivity contribution in [2.24, 2.45) is 0 Å². The summed E-state index contributed by atoms with van der Waals surface area (Å²) in [5, 5.41) is 24.0. The molecule has 2 rings (SSSR count). The molecular formula is C14H20N2O3. The number of anilines is 1. The van der Waals surface area contributed by atoms with Crippen LogP contribution < -0.4 is 10.6 Å². The van der Waals surface area contributed by atoms with Gasteiger partial charge in [-0.15, -0.1) is 0 Å². The normalized spacial score (nSPS) is 18.4. The minimum Gasteiger partial charge on any atom is -0.394 e. The molecule has 1 amide bonds. The monoisotopic (exact) mass is 264 g/mol. The van der Waals surface area contributed by atoms with Gasteiger partial charge in [-0.25, -0.2) is 0 Å². The Hall–Kier alpha value is -1.59. The minimum absolute atomic E-state index is 0.0383. The lowest BCUT2D eigenvalue weighted by molar-refractivity contribution is -0.126. The summed E-state index contributed by atoms with van der Waals surface area (Å²) in [7, 11) is 0. The molecule has 1 aromatic carbocycles. The Morgan fingerprint density at radius 1 is 1.47 bits per heavy atom. The fourth-order valence-corrected chi connectivity index (χ4v) is 2.28. The first-order valence-electron chi connectivity index (χ1n) is 6.39. The summed E-state index contributed by atoms with van der Waals surface area (Å²) in [6.07, 6.45) is -0.771. The molecule has 0 aliphatic carbocycles. The highest BCUT2D eigenvalue weighted by Crippen LogP contribution is 2.31. The number of aliphatic hydroxyl groups excluding tert-OH is 2. The molecule has 0 radical (unpaired) electrons. The zero-order chi connectivity index (χ0) is 14.0. The van der Waals surface area contributed by atoms with Crippen LogP contribution in [0.4, 0.5) is 5.69 Å². The van der Waals surface area contributed by atoms with E-state index in [4.69, 9.17) is 5.11 Å². The van der Waals surface area contributed by atoms with Crippen molar-refractivity contribution in [3.8, 4) is 0 Å². The number of rotatable bonds is 4. The number of hydrogen-bond acceptors (Lipinski definition) is 4. The third-order valence-corrected chi connectivity index (χ3v) is 3.54. The van der Waals surface area contributed by atoms with Crippen molar-refractivity contribution >= 4 is 11.6 Å². The predicted octanol–water partition coefficient (Wildman–Crippen LogP) is 0.359. The van der Waals surface area contributed by atoms with Gasteiger partial charge in [0.2, 0.25) is 5.91 Å². The van der Waals surface area contributed by atoms with E-state index < -0.39 is 11.5 Å². The van der Waals surface area contributed by atoms with E-state index >= 15 is 0 Å². The highest BCUT2D eigenvalue weighted by molar-refractivity contribution is 5.89. The van der Waals surface area contributed by atoms with Gasteiger partial charge in [0.25, 0.3) is 0 Å². The fraction of sp³-hybridized carbons (Fsp3) is 0.500. The second kappa shape index (κ2) is 5.19. The lowest BCUT2D eigenvalue weighted by Crippen LogP contribution is -2.44. The Balaban J connectivity index is 2.18. The zero-order valence-electron chi connectivity index (χ0n) is 11.2. The van der Waals surface area contributed by atoms with E-state index in [1.165, 1.54) is 0 Å². The summed E-state index contributed by atoms with van der Waals surface area (Å²) >= 11 is 0. The van der Waals surface area contributed by atoms with Gasteiger partial charge >= 0.3 is 0 Å². The van der Waals surface area contributed by atoms with Crippen molar-refractivity contribution in [2.75, 3.05) is 18.5 Å². The molecule has 19 heavy (non-hydrogen) atoms. The number of nitrogens with one attached hydrogen (secondary N) is 2. The Labute approximate surface area is 112 Å². The number of carbonyl (C=O) groups excluding carboxylic acids is 1. The van der Waals surface area contributed by atoms with Crippen LogP contribution in [0.5, 0.6) is 0 Å². The van der Waals surface area contributed by atoms with Crippen molar-refractivity contribution in [3.63, 3.8) is 0 Å². The number of hydrogen-bond donors (Lipinski definition) is 4. The van der Waals surface area contributed by atoms with Gasteiger partial charge in [0, 0.05) is 18.8 Å². The molecule has 0 saturated heterocycles. The van der Waals surface area contributed by atoms with Gasteiger partial charge in [0.05, 0.1) is 18.1 Å². The summed E-state index contributed by atoms with van der Waals surface area (Å²) in [5.74, 6) is 0.0383. The lowest BCUT2D eigenvalue weighted by atomic mass is 9.78. The van der Waals surface area contributed by atoms with Gasteiger partial charge in [0.15, 0.2) is 0 Å². The highest BCUT2D eigenvalue weighted by atomic mass is 16.3. The molecule has 0 saturated carbocycles. The molecule has 0 spiro atoms. The van der Waals surface area contributed by atoms with Crippen LogP contribution >= 0.6 is 0 Å². The second-order valence-corrected chi connectivity index (χ2v) is 5.40. The molecule has 0 aromatic heterocycles. The smallest absolute Gasteiger partial charge is 0.230 e. The van der Waals surface area contributed by atoms with Crippen LogP contribution in [0.25, 0.3) is 0 Å². The largest absolute Gasteiger partial charge is 0.394 e. The summed E-state index contributed by atoms with van der Waals surface area (Å²) in [5.41, 5.74) is 2.47. The Kier molecular flexibility index (Phi) is 3.78. The topological polar surface area (TPSA) is 81.6 Å². The second-order valence-electron chi connectivity index (χ2n) is 5.40. The van der Waals surface area contributed by atoms with Crippen LogP contribution in [0, 0.1) is 0 Å². The van der Waals surface area contributed by atoms with E-state index in [0.29, 0.717) is 13.1 Å². The van der Waals surface area contributed by atoms with Gasteiger partial charge < -0.3 is 20.8 Å². The number of fused-ring (bicyclic) bond motifs is 1. The molecule has 1 unspecified atom stereocenters. The third kappa shape index (κ3) is 2.72. The van der Waals surface area contributed by atoms with E-state index in [9.17, 15) is 9.90 Å². The van der Waals surface area contributed by atoms with Crippen LogP contribution in [-0.2, 0) is 16.8 Å². The van der Waals surface area contributed by atoms with Crippen molar-refractivity contribution in [3.05, 3.63) is 29.3 Å². The first-order chi connectivity index (χ1) is 8.95. The molecule has 1 heterocycles. The molecule has 4 N–H and O–H groups in total. The maximum absolute atomic E-state index is 11.8. The first kappa shape index (κ1) is 13.8. The average molecular weight is 264 g/mol. The van der Waals surface area contributed by atoms with Crippen molar-refractivity contribution in [1.29, 1.82) is 0 Å². The van der Waals surface area contributed by atoms with Crippen molar-refractivity contribution < 1.29 is 15.0 Å². The third-order valence-electron chi connectivity index (χ3n) is 3.54. The highest BCUT2D eigenvalue weighted by Gasteiger charge is 2.35. The van der Waals surface area contributed by atoms with E-state index in [1.807, 2.05) is 32.0 Å². The van der Waals surface area contributed by atoms with Gasteiger partial charge in [-0.3, -0.25) is 4.79 Å². The van der Waals surface area contributed by atoms with E-state index in [-0.39, 0.29) is 12.5 Å². The summed E-state index contributed by atoms with van der Waals surface area (Å²) in [6.45, 7) is 4.37. The Bertz CT molecular complexity index is 486. The molecule has 5 nitrogen and oxygen atoms in total. The van der Waals surface area contributed by atoms with E-state index in [2.05, 4.69) is 10.6 Å². The van der Waals surface area contributed by atoms with Gasteiger partial charge in [-0.05, 0) is 37.1 Å². The van der Waals surface area contributed by atoms with Crippen LogP contribution in [0.3, 0.4) is 0 Å². The first-order valence-corrected chi connectivity index (χ1v) is 6.39. The van der Waals surface area contributed by atoms with Crippen molar-refractivity contribution in [2.45, 2.75) is 31.9 Å². The van der Waals surface area contributed by atoms with Gasteiger partial charge in [-0.1, -0.05) is 6.07 Å². The van der Waals surface area contributed by atoms with Gasteiger partial charge in [0.1, 0.15) is 0 Å². The molecule has 0 fully saturated rings. The lowest BCUT2D eigenvalue weighted by Gasteiger charge is -2.32. The quantitative estimate of drug-likeness (QED) is 0.633. The SMILES string of the molecule is CC1(C)C(=O)NCc2cc(NCC(O)CO)ccc21. The maximum atomic E-state index is 11.8. The zero-order valence-corrected chi connectivity index (χ0v) is 11.2. The number of aliphatic hydroxyl groups is 2. The molecular weight excluding hydrogens is 244 g/mol. The standard InChI is InChI=1S/C14H20N2O3/c1-14(2)12-4-3-10(15-7-11(18)8-17)5-9(12)6-16-13(14)19/h3-5,11,15,17-18H,6-8H2,1-2H3,(H,16,19). The number of benzene rings is 1. The summed E-state index contributed by atoms with van der Waals surface area (Å²) < 4.78 is 0. The van der Waals surface area contributed by atoms with E-state index in [0.717, 1.165) is 16.8 Å². The van der Waals surface area contributed by atoms with Gasteiger partial charge in [-0.2, -0.15) is 0 Å².